The molecule has 1 aromatic heterocycles. The van der Waals surface area contributed by atoms with E-state index in [0.717, 1.165) is 10.6 Å². The molecule has 42 heavy (non-hydrogen) atoms. The number of sulfonamides is 1. The predicted molar refractivity (Wildman–Crippen MR) is 156 cm³/mol. The largest absolute Gasteiger partial charge is 0.455 e. The van der Waals surface area contributed by atoms with E-state index in [2.05, 4.69) is 10.6 Å². The first-order chi connectivity index (χ1) is 20.0. The molecule has 0 saturated heterocycles. The standard InChI is InChI=1S/C30H28F2N4O5S/c1-18(17-33)35-29(37)21-7-4-6-20(14-21)23-15-24-26(16-25(23)36(13-5-12-31)42(3,39)40)41-28(27(24)30(38)34-2)19-8-10-22(32)11-9-19/h4,6-11,14-16,18H,5,12-13H2,1-3H3,(H,34,38)(H,35,37). The molecule has 1 unspecified atom stereocenters. The predicted octanol–water partition coefficient (Wildman–Crippen LogP) is 5.03. The van der Waals surface area contributed by atoms with E-state index in [1.165, 1.54) is 50.4 Å². The van der Waals surface area contributed by atoms with Crippen LogP contribution in [-0.2, 0) is 10.0 Å². The molecule has 0 aliphatic carbocycles. The number of fused-ring (bicyclic) bond motifs is 1. The van der Waals surface area contributed by atoms with Gasteiger partial charge in [0.05, 0.1) is 30.3 Å². The molecule has 1 atom stereocenters. The summed E-state index contributed by atoms with van der Waals surface area (Å²) in [6.45, 7) is 0.592. The molecule has 0 spiro atoms. The second kappa shape index (κ2) is 12.4. The molecule has 0 saturated carbocycles. The van der Waals surface area contributed by atoms with Gasteiger partial charge < -0.3 is 15.1 Å². The summed E-state index contributed by atoms with van der Waals surface area (Å²) in [6.07, 6.45) is 0.913. The number of nitrogens with one attached hydrogen (secondary N) is 2. The van der Waals surface area contributed by atoms with Gasteiger partial charge in [-0.05, 0) is 61.4 Å². The van der Waals surface area contributed by atoms with Crippen molar-refractivity contribution >= 4 is 38.5 Å². The number of nitrogens with zero attached hydrogens (tertiary/aromatic N) is 2. The maximum atomic E-state index is 13.7. The van der Waals surface area contributed by atoms with Crippen molar-refractivity contribution in [1.29, 1.82) is 5.26 Å². The molecule has 2 amide bonds. The molecule has 0 aliphatic rings. The van der Waals surface area contributed by atoms with Crippen molar-refractivity contribution in [3.8, 4) is 28.5 Å². The Labute approximate surface area is 241 Å². The fourth-order valence-electron chi connectivity index (χ4n) is 4.53. The van der Waals surface area contributed by atoms with Crippen molar-refractivity contribution in [1.82, 2.24) is 10.6 Å². The number of benzene rings is 3. The van der Waals surface area contributed by atoms with Gasteiger partial charge in [0.15, 0.2) is 0 Å². The average Bonchev–Trinajstić information content (AvgIpc) is 3.34. The van der Waals surface area contributed by atoms with E-state index >= 15 is 0 Å². The van der Waals surface area contributed by atoms with E-state index in [1.807, 2.05) is 6.07 Å². The molecule has 2 N–H and O–H groups in total. The average molecular weight is 595 g/mol. The summed E-state index contributed by atoms with van der Waals surface area (Å²) in [5, 5.41) is 14.6. The number of alkyl halides is 1. The minimum atomic E-state index is -3.93. The summed E-state index contributed by atoms with van der Waals surface area (Å²) in [7, 11) is -2.49. The number of carbonyl (C=O) groups is 2. The van der Waals surface area contributed by atoms with E-state index < -0.39 is 40.4 Å². The highest BCUT2D eigenvalue weighted by Gasteiger charge is 2.27. The van der Waals surface area contributed by atoms with Gasteiger partial charge in [0.1, 0.15) is 23.2 Å². The highest BCUT2D eigenvalue weighted by molar-refractivity contribution is 7.92. The quantitative estimate of drug-likeness (QED) is 0.265. The Morgan fingerprint density at radius 2 is 1.79 bits per heavy atom. The van der Waals surface area contributed by atoms with Gasteiger partial charge in [-0.1, -0.05) is 12.1 Å². The van der Waals surface area contributed by atoms with Gasteiger partial charge >= 0.3 is 0 Å². The SMILES string of the molecule is CNC(=O)c1c(-c2ccc(F)cc2)oc2cc(N(CCCF)S(C)(=O)=O)c(-c3cccc(C(=O)NC(C)C#N)c3)cc12. The third kappa shape index (κ3) is 6.26. The first-order valence-electron chi connectivity index (χ1n) is 12.9. The lowest BCUT2D eigenvalue weighted by molar-refractivity contribution is 0.0944. The zero-order valence-electron chi connectivity index (χ0n) is 23.1. The lowest BCUT2D eigenvalue weighted by atomic mass is 9.97. The number of hydrogen-bond acceptors (Lipinski definition) is 6. The zero-order valence-corrected chi connectivity index (χ0v) is 23.9. The fourth-order valence-corrected chi connectivity index (χ4v) is 5.50. The number of hydrogen-bond donors (Lipinski definition) is 2. The van der Waals surface area contributed by atoms with Gasteiger partial charge in [-0.15, -0.1) is 0 Å². The van der Waals surface area contributed by atoms with Crippen molar-refractivity contribution < 1.29 is 31.2 Å². The van der Waals surface area contributed by atoms with Gasteiger partial charge in [-0.2, -0.15) is 5.26 Å². The van der Waals surface area contributed by atoms with Gasteiger partial charge in [0.2, 0.25) is 10.0 Å². The summed E-state index contributed by atoms with van der Waals surface area (Å²) >= 11 is 0. The normalized spacial score (nSPS) is 12.0. The highest BCUT2D eigenvalue weighted by Crippen LogP contribution is 2.42. The summed E-state index contributed by atoms with van der Waals surface area (Å²) in [5.41, 5.74) is 1.81. The third-order valence-electron chi connectivity index (χ3n) is 6.51. The van der Waals surface area contributed by atoms with Crippen LogP contribution in [0.5, 0.6) is 0 Å². The maximum Gasteiger partial charge on any atom is 0.255 e. The Morgan fingerprint density at radius 1 is 1.07 bits per heavy atom. The van der Waals surface area contributed by atoms with Gasteiger partial charge in [0, 0.05) is 41.7 Å². The second-order valence-corrected chi connectivity index (χ2v) is 11.4. The summed E-state index contributed by atoms with van der Waals surface area (Å²) in [4.78, 5) is 25.9. The molecule has 0 aliphatic heterocycles. The van der Waals surface area contributed by atoms with E-state index in [1.54, 1.807) is 24.3 Å². The topological polar surface area (TPSA) is 133 Å². The van der Waals surface area contributed by atoms with Crippen molar-refractivity contribution in [3.05, 3.63) is 77.6 Å². The Morgan fingerprint density at radius 3 is 2.40 bits per heavy atom. The van der Waals surface area contributed by atoms with Crippen LogP contribution < -0.4 is 14.9 Å². The van der Waals surface area contributed by atoms with Gasteiger partial charge in [0.25, 0.3) is 11.8 Å². The van der Waals surface area contributed by atoms with E-state index in [-0.39, 0.29) is 41.1 Å². The molecule has 9 nitrogen and oxygen atoms in total. The molecule has 0 fully saturated rings. The first kappa shape index (κ1) is 30.2. The number of amides is 2. The number of anilines is 1. The minimum Gasteiger partial charge on any atom is -0.455 e. The molecule has 4 aromatic rings. The van der Waals surface area contributed by atoms with Crippen LogP contribution in [0.15, 0.2) is 65.1 Å². The monoisotopic (exact) mass is 594 g/mol. The molecule has 4 rings (SSSR count). The molecule has 0 radical (unpaired) electrons. The van der Waals surface area contributed by atoms with Crippen LogP contribution in [0, 0.1) is 17.1 Å². The van der Waals surface area contributed by atoms with E-state index in [0.29, 0.717) is 22.1 Å². The molecular weight excluding hydrogens is 566 g/mol. The number of furan rings is 1. The van der Waals surface area contributed by atoms with Crippen LogP contribution in [0.3, 0.4) is 0 Å². The lowest BCUT2D eigenvalue weighted by Gasteiger charge is -2.25. The van der Waals surface area contributed by atoms with Crippen LogP contribution in [0.1, 0.15) is 34.1 Å². The van der Waals surface area contributed by atoms with Crippen LogP contribution in [0.2, 0.25) is 0 Å². The van der Waals surface area contributed by atoms with Crippen molar-refractivity contribution in [2.24, 2.45) is 0 Å². The number of carbonyl (C=O) groups excluding carboxylic acids is 2. The Bertz CT molecular complexity index is 1800. The highest BCUT2D eigenvalue weighted by atomic mass is 32.2. The van der Waals surface area contributed by atoms with Gasteiger partial charge in [-0.3, -0.25) is 18.3 Å². The molecular formula is C30H28F2N4O5S. The van der Waals surface area contributed by atoms with Gasteiger partial charge in [-0.25, -0.2) is 12.8 Å². The summed E-state index contributed by atoms with van der Waals surface area (Å²) in [6, 6.07) is 15.9. The van der Waals surface area contributed by atoms with Crippen LogP contribution in [0.4, 0.5) is 14.5 Å². The molecule has 12 heteroatoms. The molecule has 1 heterocycles. The molecule has 3 aromatic carbocycles. The second-order valence-electron chi connectivity index (χ2n) is 9.54. The van der Waals surface area contributed by atoms with Crippen molar-refractivity contribution in [3.63, 3.8) is 0 Å². The fraction of sp³-hybridized carbons (Fsp3) is 0.233. The summed E-state index contributed by atoms with van der Waals surface area (Å²) in [5.74, 6) is -1.35. The van der Waals surface area contributed by atoms with E-state index in [9.17, 15) is 26.8 Å². The van der Waals surface area contributed by atoms with Crippen LogP contribution in [0.25, 0.3) is 33.4 Å². The maximum absolute atomic E-state index is 13.7. The Kier molecular flexibility index (Phi) is 8.92. The number of halogens is 2. The Balaban J connectivity index is 2.04. The molecule has 0 bridgehead atoms. The van der Waals surface area contributed by atoms with Crippen molar-refractivity contribution in [2.75, 3.05) is 30.8 Å². The van der Waals surface area contributed by atoms with Crippen LogP contribution in [-0.4, -0.2) is 52.8 Å². The number of nitriles is 1. The van der Waals surface area contributed by atoms with Crippen molar-refractivity contribution in [2.45, 2.75) is 19.4 Å². The van der Waals surface area contributed by atoms with E-state index in [4.69, 9.17) is 9.68 Å². The third-order valence-corrected chi connectivity index (χ3v) is 7.69. The smallest absolute Gasteiger partial charge is 0.255 e. The summed E-state index contributed by atoms with van der Waals surface area (Å²) < 4.78 is 59.9. The minimum absolute atomic E-state index is 0.0818. The first-order valence-corrected chi connectivity index (χ1v) is 14.8. The molecule has 218 valence electrons. The number of rotatable bonds is 10. The van der Waals surface area contributed by atoms with Crippen LogP contribution >= 0.6 is 0 Å². The lowest BCUT2D eigenvalue weighted by Crippen LogP contribution is -2.32. The Hall–Kier alpha value is -4.76. The zero-order chi connectivity index (χ0) is 30.6.